The number of anilines is 1. The Bertz CT molecular complexity index is 1070. The van der Waals surface area contributed by atoms with Gasteiger partial charge in [-0.1, -0.05) is 12.1 Å². The summed E-state index contributed by atoms with van der Waals surface area (Å²) in [5.41, 5.74) is 2.09. The van der Waals surface area contributed by atoms with E-state index in [0.29, 0.717) is 35.1 Å². The summed E-state index contributed by atoms with van der Waals surface area (Å²) in [6.07, 6.45) is 3.83. The SMILES string of the molecule is CCc1cc(F)c2nc(N3CCC(NC4CCOC4)CC3)c(-c3nc(C)no3)cc2c1. The van der Waals surface area contributed by atoms with E-state index in [1.54, 1.807) is 13.0 Å². The molecule has 2 aromatic heterocycles. The fraction of sp³-hybridized carbons (Fsp3) is 0.522. The summed E-state index contributed by atoms with van der Waals surface area (Å²) < 4.78 is 25.8. The minimum absolute atomic E-state index is 0.290. The second kappa shape index (κ2) is 8.51. The van der Waals surface area contributed by atoms with Gasteiger partial charge in [0, 0.05) is 37.2 Å². The number of piperidine rings is 1. The average Bonchev–Trinajstić information content (AvgIpc) is 3.45. The summed E-state index contributed by atoms with van der Waals surface area (Å²) in [5.74, 6) is 1.41. The zero-order chi connectivity index (χ0) is 21.4. The number of halogens is 1. The number of hydrogen-bond acceptors (Lipinski definition) is 7. The Morgan fingerprint density at radius 3 is 2.65 bits per heavy atom. The van der Waals surface area contributed by atoms with Crippen molar-refractivity contribution in [2.24, 2.45) is 0 Å². The van der Waals surface area contributed by atoms with Crippen LogP contribution in [0.1, 0.15) is 37.6 Å². The molecule has 5 rings (SSSR count). The number of nitrogens with one attached hydrogen (secondary N) is 1. The molecule has 4 heterocycles. The van der Waals surface area contributed by atoms with Crippen LogP contribution in [0.25, 0.3) is 22.4 Å². The normalized spacial score (nSPS) is 20.1. The van der Waals surface area contributed by atoms with Gasteiger partial charge in [-0.25, -0.2) is 9.37 Å². The number of aryl methyl sites for hydroxylation is 2. The van der Waals surface area contributed by atoms with Gasteiger partial charge in [0.15, 0.2) is 5.82 Å². The molecule has 0 aliphatic carbocycles. The molecule has 0 spiro atoms. The number of rotatable bonds is 5. The van der Waals surface area contributed by atoms with Crippen LogP contribution in [-0.2, 0) is 11.2 Å². The van der Waals surface area contributed by atoms with Crippen molar-refractivity contribution in [3.8, 4) is 11.5 Å². The zero-order valence-corrected chi connectivity index (χ0v) is 18.0. The van der Waals surface area contributed by atoms with Gasteiger partial charge >= 0.3 is 0 Å². The van der Waals surface area contributed by atoms with E-state index in [1.165, 1.54) is 0 Å². The smallest absolute Gasteiger partial charge is 0.261 e. The number of ether oxygens (including phenoxy) is 1. The van der Waals surface area contributed by atoms with Gasteiger partial charge in [-0.3, -0.25) is 0 Å². The van der Waals surface area contributed by atoms with Crippen LogP contribution in [0.4, 0.5) is 10.2 Å². The van der Waals surface area contributed by atoms with Crippen molar-refractivity contribution in [3.05, 3.63) is 35.4 Å². The molecule has 164 valence electrons. The van der Waals surface area contributed by atoms with Crippen molar-refractivity contribution >= 4 is 16.7 Å². The van der Waals surface area contributed by atoms with E-state index in [0.717, 1.165) is 68.5 Å². The maximum atomic E-state index is 14.9. The Balaban J connectivity index is 1.47. The van der Waals surface area contributed by atoms with E-state index >= 15 is 0 Å². The molecule has 1 N–H and O–H groups in total. The second-order valence-corrected chi connectivity index (χ2v) is 8.50. The van der Waals surface area contributed by atoms with Crippen LogP contribution in [0.15, 0.2) is 22.7 Å². The van der Waals surface area contributed by atoms with Gasteiger partial charge in [0.25, 0.3) is 5.89 Å². The molecule has 1 atom stereocenters. The molecule has 0 saturated carbocycles. The standard InChI is InChI=1S/C23H28FN5O2/c1-3-15-10-16-12-19(23-25-14(2)28-31-23)22(27-21(16)20(24)11-15)29-7-4-17(5-8-29)26-18-6-9-30-13-18/h10-12,17-18,26H,3-9,13H2,1-2H3. The van der Waals surface area contributed by atoms with Crippen LogP contribution in [0.3, 0.4) is 0 Å². The number of hydrogen-bond donors (Lipinski definition) is 1. The molecule has 2 fully saturated rings. The van der Waals surface area contributed by atoms with E-state index in [1.807, 2.05) is 19.1 Å². The van der Waals surface area contributed by atoms with Crippen molar-refractivity contribution in [2.45, 2.75) is 51.6 Å². The topological polar surface area (TPSA) is 76.3 Å². The van der Waals surface area contributed by atoms with Crippen LogP contribution in [0.5, 0.6) is 0 Å². The van der Waals surface area contributed by atoms with E-state index in [9.17, 15) is 4.39 Å². The van der Waals surface area contributed by atoms with Crippen molar-refractivity contribution in [1.29, 1.82) is 0 Å². The molecular formula is C23H28FN5O2. The first-order valence-electron chi connectivity index (χ1n) is 11.1. The van der Waals surface area contributed by atoms with Crippen molar-refractivity contribution in [1.82, 2.24) is 20.4 Å². The van der Waals surface area contributed by atoms with Gasteiger partial charge in [-0.05, 0) is 56.4 Å². The molecule has 31 heavy (non-hydrogen) atoms. The Kier molecular flexibility index (Phi) is 5.58. The summed E-state index contributed by atoms with van der Waals surface area (Å²) in [4.78, 5) is 11.4. The molecule has 2 aliphatic rings. The van der Waals surface area contributed by atoms with Gasteiger partial charge in [0.1, 0.15) is 17.2 Å². The number of nitrogens with zero attached hydrogens (tertiary/aromatic N) is 4. The minimum Gasteiger partial charge on any atom is -0.380 e. The van der Waals surface area contributed by atoms with Crippen molar-refractivity contribution in [3.63, 3.8) is 0 Å². The highest BCUT2D eigenvalue weighted by atomic mass is 19.1. The maximum absolute atomic E-state index is 14.9. The third kappa shape index (κ3) is 4.14. The molecule has 1 aromatic carbocycles. The average molecular weight is 426 g/mol. The van der Waals surface area contributed by atoms with Crippen LogP contribution >= 0.6 is 0 Å². The monoisotopic (exact) mass is 425 g/mol. The number of fused-ring (bicyclic) bond motifs is 1. The first kappa shape index (κ1) is 20.3. The lowest BCUT2D eigenvalue weighted by Gasteiger charge is -2.35. The lowest BCUT2D eigenvalue weighted by molar-refractivity contribution is 0.186. The van der Waals surface area contributed by atoms with E-state index in [-0.39, 0.29) is 5.82 Å². The molecule has 1 unspecified atom stereocenters. The first-order chi connectivity index (χ1) is 15.1. The van der Waals surface area contributed by atoms with Gasteiger partial charge < -0.3 is 19.5 Å². The molecule has 3 aromatic rings. The summed E-state index contributed by atoms with van der Waals surface area (Å²) in [7, 11) is 0. The lowest BCUT2D eigenvalue weighted by atomic mass is 10.0. The summed E-state index contributed by atoms with van der Waals surface area (Å²) in [5, 5.41) is 8.42. The van der Waals surface area contributed by atoms with Gasteiger partial charge in [0.2, 0.25) is 0 Å². The Morgan fingerprint density at radius 2 is 1.97 bits per heavy atom. The first-order valence-corrected chi connectivity index (χ1v) is 11.1. The van der Waals surface area contributed by atoms with E-state index in [4.69, 9.17) is 14.2 Å². The molecule has 2 aliphatic heterocycles. The molecule has 2 saturated heterocycles. The quantitative estimate of drug-likeness (QED) is 0.669. The van der Waals surface area contributed by atoms with Crippen molar-refractivity contribution < 1.29 is 13.7 Å². The summed E-state index contributed by atoms with van der Waals surface area (Å²) in [6.45, 7) is 7.11. The number of aromatic nitrogens is 3. The Labute approximate surface area is 181 Å². The largest absolute Gasteiger partial charge is 0.380 e. The Hall–Kier alpha value is -2.58. The van der Waals surface area contributed by atoms with Crippen LogP contribution < -0.4 is 10.2 Å². The van der Waals surface area contributed by atoms with Gasteiger partial charge in [0.05, 0.1) is 12.2 Å². The highest BCUT2D eigenvalue weighted by molar-refractivity contribution is 5.88. The van der Waals surface area contributed by atoms with Crippen LogP contribution in [0.2, 0.25) is 0 Å². The molecule has 8 heteroatoms. The maximum Gasteiger partial charge on any atom is 0.261 e. The minimum atomic E-state index is -0.290. The molecular weight excluding hydrogens is 397 g/mol. The molecule has 7 nitrogen and oxygen atoms in total. The zero-order valence-electron chi connectivity index (χ0n) is 18.0. The van der Waals surface area contributed by atoms with Gasteiger partial charge in [-0.15, -0.1) is 0 Å². The fourth-order valence-corrected chi connectivity index (χ4v) is 4.56. The number of pyridine rings is 1. The van der Waals surface area contributed by atoms with Gasteiger partial charge in [-0.2, -0.15) is 4.98 Å². The Morgan fingerprint density at radius 1 is 1.13 bits per heavy atom. The summed E-state index contributed by atoms with van der Waals surface area (Å²) in [6, 6.07) is 6.42. The third-order valence-electron chi connectivity index (χ3n) is 6.27. The van der Waals surface area contributed by atoms with Crippen molar-refractivity contribution in [2.75, 3.05) is 31.2 Å². The highest BCUT2D eigenvalue weighted by Gasteiger charge is 2.27. The summed E-state index contributed by atoms with van der Waals surface area (Å²) >= 11 is 0. The molecule has 0 amide bonds. The predicted octanol–water partition coefficient (Wildman–Crippen LogP) is 3.64. The molecule has 0 bridgehead atoms. The van der Waals surface area contributed by atoms with E-state index in [2.05, 4.69) is 20.4 Å². The highest BCUT2D eigenvalue weighted by Crippen LogP contribution is 2.34. The fourth-order valence-electron chi connectivity index (χ4n) is 4.56. The lowest BCUT2D eigenvalue weighted by Crippen LogP contribution is -2.46. The predicted molar refractivity (Wildman–Crippen MR) is 117 cm³/mol. The third-order valence-corrected chi connectivity index (χ3v) is 6.27. The number of benzene rings is 1. The van der Waals surface area contributed by atoms with Crippen LogP contribution in [-0.4, -0.2) is 53.5 Å². The molecule has 0 radical (unpaired) electrons. The second-order valence-electron chi connectivity index (χ2n) is 8.50. The van der Waals surface area contributed by atoms with E-state index < -0.39 is 0 Å². The van der Waals surface area contributed by atoms with Crippen LogP contribution in [0, 0.1) is 12.7 Å².